The molecule has 7 nitrogen and oxygen atoms in total. The molecule has 1 saturated heterocycles. The van der Waals surface area contributed by atoms with Crippen LogP contribution in [0.4, 0.5) is 4.79 Å². The summed E-state index contributed by atoms with van der Waals surface area (Å²) in [5.41, 5.74) is 3.64. The smallest absolute Gasteiger partial charge is 0.408 e. The molecule has 1 heterocycles. The van der Waals surface area contributed by atoms with Gasteiger partial charge in [0.1, 0.15) is 12.1 Å². The lowest BCUT2D eigenvalue weighted by Crippen LogP contribution is -2.53. The van der Waals surface area contributed by atoms with Gasteiger partial charge in [0.25, 0.3) is 0 Å². The van der Waals surface area contributed by atoms with Gasteiger partial charge in [-0.25, -0.2) is 4.79 Å². The van der Waals surface area contributed by atoms with Crippen molar-refractivity contribution >= 4 is 18.0 Å². The van der Waals surface area contributed by atoms with Crippen LogP contribution in [0.1, 0.15) is 49.1 Å². The Balaban J connectivity index is 1.07. The van der Waals surface area contributed by atoms with E-state index in [0.29, 0.717) is 32.4 Å². The second-order valence-corrected chi connectivity index (χ2v) is 10.3. The molecule has 2 amide bonds. The minimum Gasteiger partial charge on any atom is -0.481 e. The molecular formula is C27H28N2O5. The van der Waals surface area contributed by atoms with Crippen molar-refractivity contribution in [3.05, 3.63) is 59.7 Å². The summed E-state index contributed by atoms with van der Waals surface area (Å²) in [5.74, 6) is -1.08. The third-order valence-corrected chi connectivity index (χ3v) is 8.38. The highest BCUT2D eigenvalue weighted by Gasteiger charge is 2.61. The Kier molecular flexibility index (Phi) is 4.73. The van der Waals surface area contributed by atoms with Gasteiger partial charge >= 0.3 is 12.1 Å². The third-order valence-electron chi connectivity index (χ3n) is 8.38. The van der Waals surface area contributed by atoms with Crippen LogP contribution in [-0.2, 0) is 14.3 Å². The maximum Gasteiger partial charge on any atom is 0.408 e. The average molecular weight is 461 g/mol. The number of hydrogen-bond acceptors (Lipinski definition) is 4. The maximum absolute atomic E-state index is 13.2. The third kappa shape index (κ3) is 3.37. The van der Waals surface area contributed by atoms with Gasteiger partial charge in [-0.1, -0.05) is 48.5 Å². The number of alkyl carbamates (subject to hydrolysis) is 1. The van der Waals surface area contributed by atoms with Gasteiger partial charge in [0.05, 0.1) is 5.92 Å². The number of piperidine rings is 1. The number of hydrogen-bond donors (Lipinski definition) is 2. The van der Waals surface area contributed by atoms with Gasteiger partial charge in [-0.15, -0.1) is 0 Å². The molecule has 2 aromatic rings. The summed E-state index contributed by atoms with van der Waals surface area (Å²) < 4.78 is 5.65. The monoisotopic (exact) mass is 460 g/mol. The quantitative estimate of drug-likeness (QED) is 0.708. The Labute approximate surface area is 198 Å². The van der Waals surface area contributed by atoms with E-state index in [1.807, 2.05) is 24.3 Å². The van der Waals surface area contributed by atoms with Crippen LogP contribution < -0.4 is 5.32 Å². The van der Waals surface area contributed by atoms with Gasteiger partial charge in [-0.05, 0) is 59.8 Å². The number of amides is 2. The van der Waals surface area contributed by atoms with Crippen molar-refractivity contribution in [1.82, 2.24) is 10.2 Å². The van der Waals surface area contributed by atoms with E-state index < -0.39 is 17.6 Å². The topological polar surface area (TPSA) is 95.9 Å². The molecule has 0 radical (unpaired) electrons. The molecule has 1 aliphatic heterocycles. The lowest BCUT2D eigenvalue weighted by Gasteiger charge is -2.35. The van der Waals surface area contributed by atoms with Crippen molar-refractivity contribution in [2.75, 3.05) is 19.7 Å². The van der Waals surface area contributed by atoms with Gasteiger partial charge < -0.3 is 20.1 Å². The Bertz CT molecular complexity index is 1130. The van der Waals surface area contributed by atoms with Gasteiger partial charge in [0, 0.05) is 19.0 Å². The van der Waals surface area contributed by atoms with Crippen molar-refractivity contribution in [1.29, 1.82) is 0 Å². The van der Waals surface area contributed by atoms with E-state index in [1.165, 1.54) is 11.1 Å². The van der Waals surface area contributed by atoms with E-state index in [-0.39, 0.29) is 29.8 Å². The van der Waals surface area contributed by atoms with E-state index in [2.05, 4.69) is 29.6 Å². The van der Waals surface area contributed by atoms with E-state index in [1.54, 1.807) is 4.90 Å². The van der Waals surface area contributed by atoms with E-state index in [0.717, 1.165) is 24.0 Å². The van der Waals surface area contributed by atoms with Crippen LogP contribution in [0.15, 0.2) is 48.5 Å². The first-order valence-corrected chi connectivity index (χ1v) is 12.1. The van der Waals surface area contributed by atoms with Crippen molar-refractivity contribution in [3.8, 4) is 11.1 Å². The Morgan fingerprint density at radius 3 is 2.06 bits per heavy atom. The van der Waals surface area contributed by atoms with Crippen molar-refractivity contribution in [3.63, 3.8) is 0 Å². The number of rotatable bonds is 5. The van der Waals surface area contributed by atoms with Crippen LogP contribution in [0.25, 0.3) is 11.1 Å². The molecule has 2 aromatic carbocycles. The molecule has 34 heavy (non-hydrogen) atoms. The minimum atomic E-state index is -0.872. The molecule has 2 saturated carbocycles. The largest absolute Gasteiger partial charge is 0.481 e. The van der Waals surface area contributed by atoms with Gasteiger partial charge in [-0.3, -0.25) is 9.59 Å². The maximum atomic E-state index is 13.2. The number of nitrogens with zero attached hydrogens (tertiary/aromatic N) is 1. The first kappa shape index (κ1) is 21.2. The first-order valence-electron chi connectivity index (χ1n) is 12.1. The number of benzene rings is 2. The highest BCUT2D eigenvalue weighted by Crippen LogP contribution is 2.59. The number of ether oxygens (including phenoxy) is 1. The lowest BCUT2D eigenvalue weighted by molar-refractivity contribution is -0.140. The summed E-state index contributed by atoms with van der Waals surface area (Å²) in [6.07, 6.45) is 2.81. The SMILES string of the molecule is O=C(NC1(C(=O)N2CCC3(CC2)CC3C(=O)O)CC1)OCC1c2ccccc2-c2ccccc21. The van der Waals surface area contributed by atoms with Crippen LogP contribution in [0.5, 0.6) is 0 Å². The van der Waals surface area contributed by atoms with Crippen molar-refractivity contribution in [2.45, 2.75) is 43.6 Å². The Morgan fingerprint density at radius 1 is 0.941 bits per heavy atom. The van der Waals surface area contributed by atoms with Crippen LogP contribution in [0.3, 0.4) is 0 Å². The van der Waals surface area contributed by atoms with Crippen LogP contribution >= 0.6 is 0 Å². The normalized spacial score (nSPS) is 23.1. The first-order chi connectivity index (χ1) is 16.4. The van der Waals surface area contributed by atoms with Crippen molar-refractivity contribution in [2.24, 2.45) is 11.3 Å². The second kappa shape index (κ2) is 7.58. The number of fused-ring (bicyclic) bond motifs is 3. The van der Waals surface area contributed by atoms with Crippen LogP contribution in [-0.4, -0.2) is 53.2 Å². The molecule has 6 rings (SSSR count). The molecule has 1 unspecified atom stereocenters. The van der Waals surface area contributed by atoms with E-state index in [9.17, 15) is 19.5 Å². The molecule has 0 aromatic heterocycles. The number of nitrogens with one attached hydrogen (secondary N) is 1. The number of carboxylic acid groups (broad SMARTS) is 1. The van der Waals surface area contributed by atoms with E-state index in [4.69, 9.17) is 4.74 Å². The lowest BCUT2D eigenvalue weighted by atomic mass is 9.90. The summed E-state index contributed by atoms with van der Waals surface area (Å²) in [6, 6.07) is 16.4. The minimum absolute atomic E-state index is 0.0250. The Hall–Kier alpha value is -3.35. The predicted octanol–water partition coefficient (Wildman–Crippen LogP) is 3.77. The fourth-order valence-electron chi connectivity index (χ4n) is 6.05. The van der Waals surface area contributed by atoms with Crippen LogP contribution in [0.2, 0.25) is 0 Å². The predicted molar refractivity (Wildman–Crippen MR) is 124 cm³/mol. The second-order valence-electron chi connectivity index (χ2n) is 10.3. The molecule has 0 bridgehead atoms. The van der Waals surface area contributed by atoms with Gasteiger partial charge in [-0.2, -0.15) is 0 Å². The summed E-state index contributed by atoms with van der Waals surface area (Å²) in [5, 5.41) is 12.1. The summed E-state index contributed by atoms with van der Waals surface area (Å²) >= 11 is 0. The molecule has 1 spiro atoms. The van der Waals surface area contributed by atoms with Crippen LogP contribution in [0, 0.1) is 11.3 Å². The van der Waals surface area contributed by atoms with Gasteiger partial charge in [0.2, 0.25) is 5.91 Å². The molecule has 1 atom stereocenters. The highest BCUT2D eigenvalue weighted by atomic mass is 16.5. The van der Waals surface area contributed by atoms with Crippen molar-refractivity contribution < 1.29 is 24.2 Å². The molecule has 3 fully saturated rings. The molecule has 3 aliphatic carbocycles. The standard InChI is InChI=1S/C27H28N2O5/c30-23(31)22-15-26(22)11-13-29(14-12-26)24(32)27(9-10-27)28-25(33)34-16-21-19-7-3-1-5-17(19)18-6-2-4-8-20(18)21/h1-8,21-22H,9-16H2,(H,28,33)(H,30,31). The molecule has 176 valence electrons. The zero-order valence-corrected chi connectivity index (χ0v) is 19.0. The molecule has 4 aliphatic rings. The average Bonchev–Trinajstić information content (AvgIpc) is 3.75. The summed E-state index contributed by atoms with van der Waals surface area (Å²) in [6.45, 7) is 1.32. The fraction of sp³-hybridized carbons (Fsp3) is 0.444. The number of aliphatic carboxylic acids is 1. The fourth-order valence-corrected chi connectivity index (χ4v) is 6.05. The zero-order valence-electron chi connectivity index (χ0n) is 19.0. The number of carbonyl (C=O) groups is 3. The summed E-state index contributed by atoms with van der Waals surface area (Å²) in [7, 11) is 0. The number of carbonyl (C=O) groups excluding carboxylic acids is 2. The molecular weight excluding hydrogens is 432 g/mol. The van der Waals surface area contributed by atoms with Gasteiger partial charge in [0.15, 0.2) is 0 Å². The van der Waals surface area contributed by atoms with E-state index >= 15 is 0 Å². The molecule has 2 N–H and O–H groups in total. The Morgan fingerprint density at radius 2 is 1.53 bits per heavy atom. The zero-order chi connectivity index (χ0) is 23.5. The molecule has 7 heteroatoms. The number of carboxylic acids is 1. The number of likely N-dealkylation sites (tertiary alicyclic amines) is 1. The highest BCUT2D eigenvalue weighted by molar-refractivity contribution is 5.93. The summed E-state index contributed by atoms with van der Waals surface area (Å²) in [4.78, 5) is 39.0.